The number of hydrogen-bond acceptors (Lipinski definition) is 4. The number of piperidine rings is 1. The van der Waals surface area contributed by atoms with E-state index in [9.17, 15) is 23.2 Å². The zero-order valence-electron chi connectivity index (χ0n) is 14.7. The first-order valence-corrected chi connectivity index (χ1v) is 8.82. The fourth-order valence-electron chi connectivity index (χ4n) is 3.82. The quantitative estimate of drug-likeness (QED) is 0.802. The lowest BCUT2D eigenvalue weighted by molar-refractivity contribution is -0.174. The Morgan fingerprint density at radius 3 is 2.75 bits per heavy atom. The molecule has 144 valence electrons. The second-order valence-electron chi connectivity index (χ2n) is 6.84. The summed E-state index contributed by atoms with van der Waals surface area (Å²) in [6.45, 7) is 0.448. The number of fused-ring (bicyclic) bond motifs is 5. The molecule has 0 bridgehead atoms. The summed E-state index contributed by atoms with van der Waals surface area (Å²) in [7, 11) is 0. The Kier molecular flexibility index (Phi) is 4.38. The SMILES string of the molecule is N#Cc1ccc2c(c1)Oc1ccccc1[C@@H]1C[C@@H](NC(=O)C(F)(F)F)CCN21. The molecule has 4 rings (SSSR count). The van der Waals surface area contributed by atoms with Gasteiger partial charge in [0.2, 0.25) is 0 Å². The average Bonchev–Trinajstić information content (AvgIpc) is 2.81. The third-order valence-electron chi connectivity index (χ3n) is 5.09. The van der Waals surface area contributed by atoms with Crippen LogP contribution in [0.25, 0.3) is 0 Å². The van der Waals surface area contributed by atoms with Crippen LogP contribution in [0.2, 0.25) is 0 Å². The molecule has 2 aromatic rings. The maximum Gasteiger partial charge on any atom is 0.471 e. The number of ether oxygens (including phenoxy) is 1. The van der Waals surface area contributed by atoms with E-state index in [4.69, 9.17) is 4.74 Å². The number of hydrogen-bond donors (Lipinski definition) is 1. The first-order chi connectivity index (χ1) is 13.4. The van der Waals surface area contributed by atoms with E-state index < -0.39 is 18.1 Å². The summed E-state index contributed by atoms with van der Waals surface area (Å²) in [5.41, 5.74) is 2.07. The van der Waals surface area contributed by atoms with Crippen molar-refractivity contribution in [2.45, 2.75) is 31.1 Å². The zero-order valence-corrected chi connectivity index (χ0v) is 14.7. The molecule has 1 amide bonds. The van der Waals surface area contributed by atoms with Crippen molar-refractivity contribution in [3.63, 3.8) is 0 Å². The Morgan fingerprint density at radius 1 is 1.21 bits per heavy atom. The minimum Gasteiger partial charge on any atom is -0.455 e. The Hall–Kier alpha value is -3.21. The highest BCUT2D eigenvalue weighted by atomic mass is 19.4. The van der Waals surface area contributed by atoms with E-state index in [1.807, 2.05) is 18.2 Å². The van der Waals surface area contributed by atoms with Crippen molar-refractivity contribution in [3.05, 3.63) is 53.6 Å². The molecule has 1 fully saturated rings. The Morgan fingerprint density at radius 2 is 2.00 bits per heavy atom. The standard InChI is InChI=1S/C20H16F3N3O2/c21-20(22,23)19(27)25-13-7-8-26-15-6-5-12(11-24)9-18(15)28-17-4-2-1-3-14(17)16(26)10-13/h1-6,9,13,16H,7-8,10H2,(H,25,27)/t13-,16-/m0/s1. The summed E-state index contributed by atoms with van der Waals surface area (Å²) in [6, 6.07) is 13.7. The molecule has 0 unspecified atom stereocenters. The van der Waals surface area contributed by atoms with Gasteiger partial charge in [0.1, 0.15) is 5.75 Å². The van der Waals surface area contributed by atoms with Crippen LogP contribution in [-0.2, 0) is 4.79 Å². The van der Waals surface area contributed by atoms with E-state index in [1.54, 1.807) is 24.3 Å². The van der Waals surface area contributed by atoms with E-state index in [0.717, 1.165) is 11.3 Å². The van der Waals surface area contributed by atoms with Crippen LogP contribution in [0.1, 0.15) is 30.0 Å². The smallest absolute Gasteiger partial charge is 0.455 e. The number of nitrogens with one attached hydrogen (secondary N) is 1. The van der Waals surface area contributed by atoms with Crippen LogP contribution in [0, 0.1) is 11.3 Å². The van der Waals surface area contributed by atoms with E-state index in [1.165, 1.54) is 0 Å². The summed E-state index contributed by atoms with van der Waals surface area (Å²) in [5, 5.41) is 11.3. The van der Waals surface area contributed by atoms with Gasteiger partial charge in [0.05, 0.1) is 23.4 Å². The predicted molar refractivity (Wildman–Crippen MR) is 95.0 cm³/mol. The maximum absolute atomic E-state index is 12.6. The van der Waals surface area contributed by atoms with Gasteiger partial charge >= 0.3 is 12.1 Å². The molecule has 0 spiro atoms. The van der Waals surface area contributed by atoms with Crippen LogP contribution in [0.5, 0.6) is 11.5 Å². The Balaban J connectivity index is 1.70. The molecule has 2 heterocycles. The number of rotatable bonds is 1. The fraction of sp³-hybridized carbons (Fsp3) is 0.300. The highest BCUT2D eigenvalue weighted by Crippen LogP contribution is 2.47. The molecule has 1 N–H and O–H groups in total. The molecule has 2 aliphatic rings. The van der Waals surface area contributed by atoms with Gasteiger partial charge in [-0.15, -0.1) is 0 Å². The number of para-hydroxylation sites is 1. The van der Waals surface area contributed by atoms with Crippen LogP contribution >= 0.6 is 0 Å². The summed E-state index contributed by atoms with van der Waals surface area (Å²) >= 11 is 0. The fourth-order valence-corrected chi connectivity index (χ4v) is 3.82. The van der Waals surface area contributed by atoms with E-state index in [-0.39, 0.29) is 6.04 Å². The molecule has 5 nitrogen and oxygen atoms in total. The monoisotopic (exact) mass is 387 g/mol. The average molecular weight is 387 g/mol. The van der Waals surface area contributed by atoms with Crippen LogP contribution in [0.3, 0.4) is 0 Å². The van der Waals surface area contributed by atoms with Crippen molar-refractivity contribution in [2.75, 3.05) is 11.4 Å². The van der Waals surface area contributed by atoms with Gasteiger partial charge in [-0.2, -0.15) is 18.4 Å². The number of alkyl halides is 3. The largest absolute Gasteiger partial charge is 0.471 e. The highest BCUT2D eigenvalue weighted by molar-refractivity contribution is 5.82. The molecule has 2 aromatic carbocycles. The van der Waals surface area contributed by atoms with Gasteiger partial charge in [-0.3, -0.25) is 4.79 Å². The van der Waals surface area contributed by atoms with E-state index in [0.29, 0.717) is 36.4 Å². The molecule has 0 aromatic heterocycles. The van der Waals surface area contributed by atoms with Crippen LogP contribution in [0.15, 0.2) is 42.5 Å². The topological polar surface area (TPSA) is 65.4 Å². The van der Waals surface area contributed by atoms with Crippen molar-refractivity contribution < 1.29 is 22.7 Å². The molecule has 8 heteroatoms. The van der Waals surface area contributed by atoms with Crippen molar-refractivity contribution in [2.24, 2.45) is 0 Å². The predicted octanol–water partition coefficient (Wildman–Crippen LogP) is 4.05. The lowest BCUT2D eigenvalue weighted by atomic mass is 9.90. The number of nitrogens with zero attached hydrogens (tertiary/aromatic N) is 2. The molecule has 0 saturated carbocycles. The third kappa shape index (κ3) is 3.24. The minimum absolute atomic E-state index is 0.252. The number of carbonyl (C=O) groups excluding carboxylic acids is 1. The first kappa shape index (κ1) is 18.2. The molecule has 1 saturated heterocycles. The van der Waals surface area contributed by atoms with Gasteiger partial charge in [0.25, 0.3) is 0 Å². The first-order valence-electron chi connectivity index (χ1n) is 8.82. The summed E-state index contributed by atoms with van der Waals surface area (Å²) in [6.07, 6.45) is -4.20. The molecule has 2 aliphatic heterocycles. The molecular formula is C20H16F3N3O2. The molecule has 2 atom stereocenters. The van der Waals surface area contributed by atoms with E-state index in [2.05, 4.69) is 16.3 Å². The highest BCUT2D eigenvalue weighted by Gasteiger charge is 2.42. The third-order valence-corrected chi connectivity index (χ3v) is 5.09. The summed E-state index contributed by atoms with van der Waals surface area (Å²) in [5.74, 6) is -0.788. The summed E-state index contributed by atoms with van der Waals surface area (Å²) in [4.78, 5) is 13.4. The zero-order chi connectivity index (χ0) is 19.9. The van der Waals surface area contributed by atoms with Gasteiger partial charge in [0, 0.05) is 24.2 Å². The number of benzene rings is 2. The second-order valence-corrected chi connectivity index (χ2v) is 6.84. The van der Waals surface area contributed by atoms with Gasteiger partial charge in [-0.05, 0) is 31.0 Å². The number of amides is 1. The Bertz CT molecular complexity index is 968. The maximum atomic E-state index is 12.6. The van der Waals surface area contributed by atoms with Crippen molar-refractivity contribution in [3.8, 4) is 17.6 Å². The van der Waals surface area contributed by atoms with E-state index >= 15 is 0 Å². The number of carbonyl (C=O) groups is 1. The van der Waals surface area contributed by atoms with Crippen molar-refractivity contribution in [1.29, 1.82) is 5.26 Å². The van der Waals surface area contributed by atoms with Crippen LogP contribution in [0.4, 0.5) is 18.9 Å². The molecular weight excluding hydrogens is 371 g/mol. The van der Waals surface area contributed by atoms with Gasteiger partial charge in [-0.25, -0.2) is 0 Å². The van der Waals surface area contributed by atoms with Crippen LogP contribution < -0.4 is 15.0 Å². The normalized spacial score (nSPS) is 20.6. The number of anilines is 1. The number of halogens is 3. The van der Waals surface area contributed by atoms with Crippen molar-refractivity contribution in [1.82, 2.24) is 5.32 Å². The van der Waals surface area contributed by atoms with Gasteiger partial charge < -0.3 is 15.0 Å². The molecule has 0 radical (unpaired) electrons. The van der Waals surface area contributed by atoms with Gasteiger partial charge in [0.15, 0.2) is 5.75 Å². The van der Waals surface area contributed by atoms with Crippen molar-refractivity contribution >= 4 is 11.6 Å². The lowest BCUT2D eigenvalue weighted by Crippen LogP contribution is -2.49. The Labute approximate surface area is 159 Å². The minimum atomic E-state index is -4.90. The van der Waals surface area contributed by atoms with Crippen LogP contribution in [-0.4, -0.2) is 24.7 Å². The number of nitriles is 1. The molecule has 28 heavy (non-hydrogen) atoms. The second kappa shape index (κ2) is 6.75. The molecule has 0 aliphatic carbocycles. The van der Waals surface area contributed by atoms with Gasteiger partial charge in [-0.1, -0.05) is 18.2 Å². The lowest BCUT2D eigenvalue weighted by Gasteiger charge is -2.40. The summed E-state index contributed by atoms with van der Waals surface area (Å²) < 4.78 is 44.0.